The van der Waals surface area contributed by atoms with Gasteiger partial charge >= 0.3 is 6.03 Å². The van der Waals surface area contributed by atoms with Crippen LogP contribution in [-0.4, -0.2) is 28.8 Å². The Morgan fingerprint density at radius 1 is 1.17 bits per heavy atom. The standard InChI is InChI=1S/C17H17N3O4/c21-15(18-12-5-2-1-3-6-12)9-8-14-16(22)20(17(23)19-14)11-13-7-4-10-24-13/h1-7,10,14H,8-9,11H2,(H,18,21)(H,19,23)/t14-/m0/s1. The molecule has 0 saturated carbocycles. The molecule has 7 heteroatoms. The van der Waals surface area contributed by atoms with Crippen LogP contribution in [0.2, 0.25) is 0 Å². The minimum absolute atomic E-state index is 0.0877. The number of benzene rings is 1. The number of para-hydroxylation sites is 1. The molecule has 0 aliphatic carbocycles. The lowest BCUT2D eigenvalue weighted by molar-refractivity contribution is -0.128. The SMILES string of the molecule is O=C(CC[C@@H]1NC(=O)N(Cc2ccco2)C1=O)Nc1ccccc1. The van der Waals surface area contributed by atoms with Crippen LogP contribution in [0.4, 0.5) is 10.5 Å². The maximum Gasteiger partial charge on any atom is 0.325 e. The molecule has 0 spiro atoms. The van der Waals surface area contributed by atoms with Crippen molar-refractivity contribution in [2.75, 3.05) is 5.32 Å². The van der Waals surface area contributed by atoms with Crippen molar-refractivity contribution in [2.24, 2.45) is 0 Å². The number of imide groups is 1. The summed E-state index contributed by atoms with van der Waals surface area (Å²) in [5.41, 5.74) is 0.698. The molecule has 2 aromatic rings. The van der Waals surface area contributed by atoms with Gasteiger partial charge in [-0.3, -0.25) is 14.5 Å². The molecule has 2 heterocycles. The van der Waals surface area contributed by atoms with E-state index in [1.807, 2.05) is 18.2 Å². The number of rotatable bonds is 6. The third-order valence-electron chi connectivity index (χ3n) is 3.72. The van der Waals surface area contributed by atoms with Gasteiger partial charge in [0.2, 0.25) is 5.91 Å². The average Bonchev–Trinajstić information content (AvgIpc) is 3.18. The molecule has 24 heavy (non-hydrogen) atoms. The third-order valence-corrected chi connectivity index (χ3v) is 3.72. The zero-order chi connectivity index (χ0) is 16.9. The molecule has 4 amide bonds. The van der Waals surface area contributed by atoms with Gasteiger partial charge in [-0.2, -0.15) is 0 Å². The highest BCUT2D eigenvalue weighted by atomic mass is 16.3. The predicted octanol–water partition coefficient (Wildman–Crippen LogP) is 2.12. The second kappa shape index (κ2) is 6.99. The topological polar surface area (TPSA) is 91.7 Å². The maximum absolute atomic E-state index is 12.3. The summed E-state index contributed by atoms with van der Waals surface area (Å²) in [5, 5.41) is 5.35. The first-order chi connectivity index (χ1) is 11.6. The Hall–Kier alpha value is -3.09. The summed E-state index contributed by atoms with van der Waals surface area (Å²) in [7, 11) is 0. The molecule has 7 nitrogen and oxygen atoms in total. The summed E-state index contributed by atoms with van der Waals surface area (Å²) in [6.07, 6.45) is 1.87. The van der Waals surface area contributed by atoms with Gasteiger partial charge in [-0.05, 0) is 30.7 Å². The van der Waals surface area contributed by atoms with Gasteiger partial charge in [0.25, 0.3) is 5.91 Å². The zero-order valence-corrected chi connectivity index (χ0v) is 12.9. The number of nitrogens with one attached hydrogen (secondary N) is 2. The molecule has 2 N–H and O–H groups in total. The molecule has 1 saturated heterocycles. The van der Waals surface area contributed by atoms with Crippen molar-refractivity contribution >= 4 is 23.5 Å². The molecule has 1 aliphatic rings. The van der Waals surface area contributed by atoms with Crippen LogP contribution in [0, 0.1) is 0 Å². The van der Waals surface area contributed by atoms with Gasteiger partial charge in [-0.25, -0.2) is 4.79 Å². The molecular weight excluding hydrogens is 310 g/mol. The number of nitrogens with zero attached hydrogens (tertiary/aromatic N) is 1. The van der Waals surface area contributed by atoms with E-state index in [1.54, 1.807) is 24.3 Å². The molecule has 3 rings (SSSR count). The molecule has 1 aromatic carbocycles. The van der Waals surface area contributed by atoms with Crippen molar-refractivity contribution in [3.63, 3.8) is 0 Å². The smallest absolute Gasteiger partial charge is 0.325 e. The van der Waals surface area contributed by atoms with Crippen molar-refractivity contribution in [3.8, 4) is 0 Å². The summed E-state index contributed by atoms with van der Waals surface area (Å²) < 4.78 is 5.15. The third kappa shape index (κ3) is 3.62. The molecule has 1 atom stereocenters. The van der Waals surface area contributed by atoms with Crippen LogP contribution in [0.15, 0.2) is 53.1 Å². The van der Waals surface area contributed by atoms with Crippen LogP contribution >= 0.6 is 0 Å². The van der Waals surface area contributed by atoms with E-state index in [4.69, 9.17) is 4.42 Å². The monoisotopic (exact) mass is 327 g/mol. The molecule has 0 bridgehead atoms. The Balaban J connectivity index is 1.51. The fourth-order valence-electron chi connectivity index (χ4n) is 2.50. The Bertz CT molecular complexity index is 728. The Morgan fingerprint density at radius 2 is 1.96 bits per heavy atom. The number of hydrogen-bond donors (Lipinski definition) is 2. The van der Waals surface area contributed by atoms with Crippen LogP contribution in [0.1, 0.15) is 18.6 Å². The number of carbonyl (C=O) groups is 3. The van der Waals surface area contributed by atoms with Crippen LogP contribution < -0.4 is 10.6 Å². The van der Waals surface area contributed by atoms with Gasteiger partial charge in [0.05, 0.1) is 12.8 Å². The highest BCUT2D eigenvalue weighted by Crippen LogP contribution is 2.16. The van der Waals surface area contributed by atoms with Crippen molar-refractivity contribution in [3.05, 3.63) is 54.5 Å². The molecule has 1 aliphatic heterocycles. The van der Waals surface area contributed by atoms with E-state index in [2.05, 4.69) is 10.6 Å². The van der Waals surface area contributed by atoms with Gasteiger partial charge in [0, 0.05) is 12.1 Å². The first-order valence-corrected chi connectivity index (χ1v) is 7.62. The van der Waals surface area contributed by atoms with E-state index in [0.29, 0.717) is 11.4 Å². The highest BCUT2D eigenvalue weighted by molar-refractivity contribution is 6.04. The van der Waals surface area contributed by atoms with Crippen LogP contribution in [0.5, 0.6) is 0 Å². The Labute approximate surface area is 138 Å². The van der Waals surface area contributed by atoms with E-state index in [1.165, 1.54) is 6.26 Å². The molecular formula is C17H17N3O4. The Morgan fingerprint density at radius 3 is 2.67 bits per heavy atom. The minimum atomic E-state index is -0.686. The molecule has 124 valence electrons. The number of amides is 4. The number of anilines is 1. The van der Waals surface area contributed by atoms with Gasteiger partial charge in [0.15, 0.2) is 0 Å². The van der Waals surface area contributed by atoms with E-state index < -0.39 is 12.1 Å². The lowest BCUT2D eigenvalue weighted by Gasteiger charge is -2.11. The molecule has 1 fully saturated rings. The lowest BCUT2D eigenvalue weighted by Crippen LogP contribution is -2.31. The van der Waals surface area contributed by atoms with Gasteiger partial charge in [-0.15, -0.1) is 0 Å². The first-order valence-electron chi connectivity index (χ1n) is 7.62. The van der Waals surface area contributed by atoms with Crippen LogP contribution in [0.25, 0.3) is 0 Å². The van der Waals surface area contributed by atoms with E-state index >= 15 is 0 Å². The second-order valence-electron chi connectivity index (χ2n) is 5.46. The van der Waals surface area contributed by atoms with E-state index in [-0.39, 0.29) is 31.2 Å². The molecule has 1 aromatic heterocycles. The predicted molar refractivity (Wildman–Crippen MR) is 85.9 cm³/mol. The van der Waals surface area contributed by atoms with Gasteiger partial charge in [0.1, 0.15) is 11.8 Å². The summed E-state index contributed by atoms with van der Waals surface area (Å²) in [5.74, 6) is -0.0161. The first kappa shape index (κ1) is 15.8. The molecule has 0 radical (unpaired) electrons. The number of hydrogen-bond acceptors (Lipinski definition) is 4. The van der Waals surface area contributed by atoms with Crippen molar-refractivity contribution < 1.29 is 18.8 Å². The summed E-state index contributed by atoms with van der Waals surface area (Å²) in [4.78, 5) is 37.2. The van der Waals surface area contributed by atoms with E-state index in [9.17, 15) is 14.4 Å². The molecule has 0 unspecified atom stereocenters. The van der Waals surface area contributed by atoms with Gasteiger partial charge < -0.3 is 15.1 Å². The maximum atomic E-state index is 12.3. The van der Waals surface area contributed by atoms with E-state index in [0.717, 1.165) is 4.90 Å². The fourth-order valence-corrected chi connectivity index (χ4v) is 2.50. The minimum Gasteiger partial charge on any atom is -0.467 e. The summed E-state index contributed by atoms with van der Waals surface area (Å²) >= 11 is 0. The summed E-state index contributed by atoms with van der Waals surface area (Å²) in [6.45, 7) is 0.0877. The largest absolute Gasteiger partial charge is 0.467 e. The Kier molecular flexibility index (Phi) is 4.60. The quantitative estimate of drug-likeness (QED) is 0.795. The zero-order valence-electron chi connectivity index (χ0n) is 12.9. The number of urea groups is 1. The fraction of sp³-hybridized carbons (Fsp3) is 0.235. The van der Waals surface area contributed by atoms with Crippen LogP contribution in [0.3, 0.4) is 0 Å². The number of furan rings is 1. The van der Waals surface area contributed by atoms with Crippen molar-refractivity contribution in [2.45, 2.75) is 25.4 Å². The number of carbonyl (C=O) groups excluding carboxylic acids is 3. The second-order valence-corrected chi connectivity index (χ2v) is 5.46. The van der Waals surface area contributed by atoms with Gasteiger partial charge in [-0.1, -0.05) is 18.2 Å². The van der Waals surface area contributed by atoms with Crippen molar-refractivity contribution in [1.29, 1.82) is 0 Å². The highest BCUT2D eigenvalue weighted by Gasteiger charge is 2.38. The lowest BCUT2D eigenvalue weighted by atomic mass is 10.1. The normalized spacial score (nSPS) is 17.0. The average molecular weight is 327 g/mol. The summed E-state index contributed by atoms with van der Waals surface area (Å²) in [6, 6.07) is 11.3. The van der Waals surface area contributed by atoms with Crippen molar-refractivity contribution in [1.82, 2.24) is 10.2 Å². The van der Waals surface area contributed by atoms with Crippen LogP contribution in [-0.2, 0) is 16.1 Å².